The van der Waals surface area contributed by atoms with Gasteiger partial charge >= 0.3 is 10.1 Å². The Morgan fingerprint density at radius 2 is 1.66 bits per heavy atom. The third-order valence-corrected chi connectivity index (χ3v) is 6.48. The number of unbranched alkanes of at least 4 members (excludes halogenated alkanes) is 5. The molecule has 0 radical (unpaired) electrons. The van der Waals surface area contributed by atoms with Crippen molar-refractivity contribution in [2.45, 2.75) is 85.7 Å². The molecule has 7 heteroatoms. The van der Waals surface area contributed by atoms with Crippen LogP contribution in [-0.2, 0) is 19.3 Å². The van der Waals surface area contributed by atoms with E-state index < -0.39 is 16.2 Å². The minimum absolute atomic E-state index is 0.0174. The van der Waals surface area contributed by atoms with Crippen molar-refractivity contribution >= 4 is 15.8 Å². The van der Waals surface area contributed by atoms with Crippen LogP contribution < -0.4 is 0 Å². The van der Waals surface area contributed by atoms with Crippen LogP contribution >= 0.6 is 0 Å². The highest BCUT2D eigenvalue weighted by Gasteiger charge is 2.30. The predicted octanol–water partition coefficient (Wildman–Crippen LogP) is 6.08. The maximum Gasteiger partial charge on any atom is 0.328 e. The Balaban J connectivity index is 2.66. The average molecular weight is 428 g/mol. The number of hydrogen-bond acceptors (Lipinski definition) is 6. The molecule has 0 aliphatic carbocycles. The molecule has 0 saturated carbocycles. The first-order valence-corrected chi connectivity index (χ1v) is 12.1. The van der Waals surface area contributed by atoms with Gasteiger partial charge in [-0.15, -0.1) is 0 Å². The van der Waals surface area contributed by atoms with E-state index >= 15 is 0 Å². The van der Waals surface area contributed by atoms with Crippen LogP contribution in [0.25, 0.3) is 0 Å². The van der Waals surface area contributed by atoms with E-state index in [2.05, 4.69) is 12.1 Å². The summed E-state index contributed by atoms with van der Waals surface area (Å²) in [4.78, 5) is 4.72. The summed E-state index contributed by atoms with van der Waals surface area (Å²) in [6, 6.07) is 7.32. The van der Waals surface area contributed by atoms with E-state index in [-0.39, 0.29) is 11.2 Å². The number of hydrogen-bond donors (Lipinski definition) is 1. The second-order valence-electron chi connectivity index (χ2n) is 8.23. The Bertz CT molecular complexity index is 726. The molecule has 0 aliphatic rings. The minimum Gasteiger partial charge on any atom is -0.268 e. The number of benzene rings is 1. The first-order chi connectivity index (χ1) is 13.7. The van der Waals surface area contributed by atoms with E-state index in [4.69, 9.17) is 9.17 Å². The quantitative estimate of drug-likeness (QED) is 0.168. The standard InChI is InChI=1S/C22H37NO5S/c1-6-8-9-10-11-12-17-29(25,26)28-23-18(3)19-13-15-20(16-14-19)21(27-24)22(4,5)7-2/h13-16,21,24H,6-12,17H2,1-5H3/b23-18-. The highest BCUT2D eigenvalue weighted by Crippen LogP contribution is 2.38. The molecule has 6 nitrogen and oxygen atoms in total. The topological polar surface area (TPSA) is 85.2 Å². The van der Waals surface area contributed by atoms with Gasteiger partial charge in [0.05, 0.1) is 11.5 Å². The van der Waals surface area contributed by atoms with Crippen molar-refractivity contribution in [1.82, 2.24) is 0 Å². The third kappa shape index (κ3) is 8.84. The van der Waals surface area contributed by atoms with Crippen LogP contribution in [0, 0.1) is 5.41 Å². The third-order valence-electron chi connectivity index (χ3n) is 5.39. The molecule has 0 spiro atoms. The Labute approximate surface area is 176 Å². The van der Waals surface area contributed by atoms with Gasteiger partial charge in [0.1, 0.15) is 6.10 Å². The summed E-state index contributed by atoms with van der Waals surface area (Å²) in [5.74, 6) is -0.0174. The lowest BCUT2D eigenvalue weighted by Gasteiger charge is -2.31. The lowest BCUT2D eigenvalue weighted by Crippen LogP contribution is -2.23. The smallest absolute Gasteiger partial charge is 0.268 e. The van der Waals surface area contributed by atoms with E-state index in [1.807, 2.05) is 45.0 Å². The second-order valence-corrected chi connectivity index (χ2v) is 9.90. The van der Waals surface area contributed by atoms with Gasteiger partial charge in [-0.1, -0.05) is 89.2 Å². The zero-order valence-electron chi connectivity index (χ0n) is 18.5. The van der Waals surface area contributed by atoms with Crippen molar-refractivity contribution in [2.75, 3.05) is 5.75 Å². The average Bonchev–Trinajstić information content (AvgIpc) is 2.69. The Kier molecular flexibility index (Phi) is 10.9. The van der Waals surface area contributed by atoms with E-state index in [0.717, 1.165) is 36.8 Å². The van der Waals surface area contributed by atoms with Gasteiger partial charge in [-0.2, -0.15) is 8.42 Å². The fourth-order valence-electron chi connectivity index (χ4n) is 3.00. The zero-order chi connectivity index (χ0) is 21.9. The molecule has 1 N–H and O–H groups in total. The van der Waals surface area contributed by atoms with Crippen LogP contribution in [0.3, 0.4) is 0 Å². The van der Waals surface area contributed by atoms with Gasteiger partial charge in [0.25, 0.3) is 0 Å². The largest absolute Gasteiger partial charge is 0.328 e. The highest BCUT2D eigenvalue weighted by atomic mass is 32.2. The summed E-state index contributed by atoms with van der Waals surface area (Å²) >= 11 is 0. The maximum absolute atomic E-state index is 12.0. The van der Waals surface area contributed by atoms with E-state index in [1.54, 1.807) is 6.92 Å². The molecule has 0 bridgehead atoms. The molecule has 0 heterocycles. The van der Waals surface area contributed by atoms with Crippen LogP contribution in [0.4, 0.5) is 0 Å². The fourth-order valence-corrected chi connectivity index (χ4v) is 3.86. The highest BCUT2D eigenvalue weighted by molar-refractivity contribution is 7.86. The Morgan fingerprint density at radius 3 is 2.21 bits per heavy atom. The number of oxime groups is 1. The lowest BCUT2D eigenvalue weighted by atomic mass is 9.80. The van der Waals surface area contributed by atoms with Crippen molar-refractivity contribution in [1.29, 1.82) is 0 Å². The van der Waals surface area contributed by atoms with Gasteiger partial charge in [-0.05, 0) is 36.3 Å². The van der Waals surface area contributed by atoms with Crippen molar-refractivity contribution in [3.8, 4) is 0 Å². The van der Waals surface area contributed by atoms with E-state index in [9.17, 15) is 13.7 Å². The molecule has 0 amide bonds. The van der Waals surface area contributed by atoms with Crippen LogP contribution in [0.15, 0.2) is 29.4 Å². The molecule has 0 saturated heterocycles. The molecule has 1 aromatic carbocycles. The molecule has 166 valence electrons. The normalized spacial score (nSPS) is 14.1. The first-order valence-electron chi connectivity index (χ1n) is 10.5. The zero-order valence-corrected chi connectivity index (χ0v) is 19.3. The predicted molar refractivity (Wildman–Crippen MR) is 117 cm³/mol. The van der Waals surface area contributed by atoms with Gasteiger partial charge in [-0.25, -0.2) is 4.89 Å². The summed E-state index contributed by atoms with van der Waals surface area (Å²) in [6.45, 7) is 9.94. The van der Waals surface area contributed by atoms with Crippen LogP contribution in [0.2, 0.25) is 0 Å². The lowest BCUT2D eigenvalue weighted by molar-refractivity contribution is -0.305. The molecule has 1 aromatic rings. The van der Waals surface area contributed by atoms with E-state index in [0.29, 0.717) is 12.1 Å². The summed E-state index contributed by atoms with van der Waals surface area (Å²) < 4.78 is 28.9. The van der Waals surface area contributed by atoms with Crippen LogP contribution in [-0.4, -0.2) is 25.1 Å². The molecular formula is C22H37NO5S. The summed E-state index contributed by atoms with van der Waals surface area (Å²) in [5.41, 5.74) is 1.83. The van der Waals surface area contributed by atoms with Crippen LogP contribution in [0.5, 0.6) is 0 Å². The first kappa shape index (κ1) is 25.6. The molecule has 1 unspecified atom stereocenters. The summed E-state index contributed by atoms with van der Waals surface area (Å²) in [5, 5.41) is 13.1. The monoisotopic (exact) mass is 427 g/mol. The molecule has 1 atom stereocenters. The summed E-state index contributed by atoms with van der Waals surface area (Å²) in [6.07, 6.45) is 6.40. The van der Waals surface area contributed by atoms with E-state index in [1.165, 1.54) is 12.8 Å². The molecular weight excluding hydrogens is 390 g/mol. The van der Waals surface area contributed by atoms with Gasteiger partial charge in [-0.3, -0.25) is 9.54 Å². The van der Waals surface area contributed by atoms with Gasteiger partial charge in [0.15, 0.2) is 0 Å². The summed E-state index contributed by atoms with van der Waals surface area (Å²) in [7, 11) is -3.67. The molecule has 0 aromatic heterocycles. The van der Waals surface area contributed by atoms with Crippen molar-refractivity contribution in [3.63, 3.8) is 0 Å². The van der Waals surface area contributed by atoms with Crippen molar-refractivity contribution < 1.29 is 22.8 Å². The maximum atomic E-state index is 12.0. The molecule has 1 rings (SSSR count). The van der Waals surface area contributed by atoms with Crippen molar-refractivity contribution in [2.24, 2.45) is 10.6 Å². The number of rotatable bonds is 14. The minimum atomic E-state index is -3.67. The fraction of sp³-hybridized carbons (Fsp3) is 0.682. The molecule has 0 fully saturated rings. The Morgan fingerprint density at radius 1 is 1.07 bits per heavy atom. The van der Waals surface area contributed by atoms with Gasteiger partial charge in [0, 0.05) is 0 Å². The van der Waals surface area contributed by atoms with Gasteiger partial charge in [0.2, 0.25) is 0 Å². The molecule has 0 aliphatic heterocycles. The number of nitrogens with zero attached hydrogens (tertiary/aromatic N) is 1. The second kappa shape index (κ2) is 12.3. The van der Waals surface area contributed by atoms with Gasteiger partial charge < -0.3 is 0 Å². The SMILES string of the molecule is CCCCCCCCS(=O)(=O)O/N=C(/C)c1ccc(C(OO)C(C)(C)CC)cc1. The Hall–Kier alpha value is -1.44. The van der Waals surface area contributed by atoms with Crippen LogP contribution in [0.1, 0.15) is 96.8 Å². The molecule has 29 heavy (non-hydrogen) atoms. The van der Waals surface area contributed by atoms with Crippen molar-refractivity contribution in [3.05, 3.63) is 35.4 Å².